The number of furan rings is 1. The van der Waals surface area contributed by atoms with Crippen molar-refractivity contribution in [2.75, 3.05) is 20.7 Å². The highest BCUT2D eigenvalue weighted by atomic mass is 35.5. The first-order valence-corrected chi connectivity index (χ1v) is 12.7. The van der Waals surface area contributed by atoms with Crippen LogP contribution in [-0.4, -0.2) is 48.5 Å². The minimum atomic E-state index is -1.58. The van der Waals surface area contributed by atoms with Crippen molar-refractivity contribution < 1.29 is 23.5 Å². The first-order valence-electron chi connectivity index (χ1n) is 12.3. The monoisotopic (exact) mass is 525 g/mol. The lowest BCUT2D eigenvalue weighted by atomic mass is 9.73. The third-order valence-electron chi connectivity index (χ3n) is 7.81. The number of Topliss-reactive ketones (excluding diaryl/α,β-unsaturated/α-hetero) is 3. The van der Waals surface area contributed by atoms with Crippen LogP contribution in [0.4, 0.5) is 0 Å². The molecular formula is C31H24ClNO5. The van der Waals surface area contributed by atoms with Crippen LogP contribution in [0.1, 0.15) is 42.8 Å². The SMILES string of the molecule is COc1ccc(C(=O)[C@H]2CN(C)C3(C(=O)c4ccccc4C3=O)[C@@H]2c2ccc(-c3ccc(Cl)cc3)o2)cc1. The van der Waals surface area contributed by atoms with Gasteiger partial charge in [0.25, 0.3) is 0 Å². The predicted octanol–water partition coefficient (Wildman–Crippen LogP) is 5.95. The van der Waals surface area contributed by atoms with Crippen LogP contribution >= 0.6 is 11.6 Å². The van der Waals surface area contributed by atoms with Crippen LogP contribution in [0.15, 0.2) is 89.3 Å². The summed E-state index contributed by atoms with van der Waals surface area (Å²) in [6.45, 7) is 0.220. The minimum absolute atomic E-state index is 0.164. The highest BCUT2D eigenvalue weighted by Gasteiger charge is 2.68. The van der Waals surface area contributed by atoms with Crippen molar-refractivity contribution >= 4 is 29.0 Å². The zero-order valence-corrected chi connectivity index (χ0v) is 21.6. The fourth-order valence-corrected chi connectivity index (χ4v) is 6.12. The van der Waals surface area contributed by atoms with Gasteiger partial charge in [0.1, 0.15) is 17.3 Å². The second kappa shape index (κ2) is 9.08. The van der Waals surface area contributed by atoms with Crippen LogP contribution in [0.25, 0.3) is 11.3 Å². The number of ether oxygens (including phenoxy) is 1. The van der Waals surface area contributed by atoms with Crippen molar-refractivity contribution in [2.45, 2.75) is 11.5 Å². The molecule has 3 aromatic carbocycles. The van der Waals surface area contributed by atoms with E-state index in [4.69, 9.17) is 20.8 Å². The molecule has 190 valence electrons. The molecule has 4 aromatic rings. The molecule has 0 amide bonds. The molecule has 1 saturated heterocycles. The second-order valence-electron chi connectivity index (χ2n) is 9.74. The van der Waals surface area contributed by atoms with Gasteiger partial charge in [-0.15, -0.1) is 0 Å². The van der Waals surface area contributed by atoms with Gasteiger partial charge in [-0.1, -0.05) is 35.9 Å². The highest BCUT2D eigenvalue weighted by Crippen LogP contribution is 2.53. The Kier molecular flexibility index (Phi) is 5.82. The van der Waals surface area contributed by atoms with Crippen molar-refractivity contribution in [3.8, 4) is 17.1 Å². The first kappa shape index (κ1) is 24.3. The molecule has 2 heterocycles. The quantitative estimate of drug-likeness (QED) is 0.236. The van der Waals surface area contributed by atoms with Gasteiger partial charge < -0.3 is 9.15 Å². The van der Waals surface area contributed by atoms with Gasteiger partial charge in [0.15, 0.2) is 22.9 Å². The molecule has 1 aliphatic carbocycles. The zero-order valence-electron chi connectivity index (χ0n) is 20.8. The van der Waals surface area contributed by atoms with Gasteiger partial charge in [0.05, 0.1) is 13.0 Å². The van der Waals surface area contributed by atoms with Crippen LogP contribution in [0.3, 0.4) is 0 Å². The smallest absolute Gasteiger partial charge is 0.192 e. The number of nitrogens with zero attached hydrogens (tertiary/aromatic N) is 1. The maximum atomic E-state index is 14.1. The molecule has 2 aliphatic rings. The third-order valence-corrected chi connectivity index (χ3v) is 8.06. The minimum Gasteiger partial charge on any atom is -0.497 e. The Morgan fingerprint density at radius 2 is 1.55 bits per heavy atom. The van der Waals surface area contributed by atoms with E-state index in [-0.39, 0.29) is 23.9 Å². The standard InChI is InChI=1S/C31H24ClNO5/c1-33-17-24(28(34)19-9-13-21(37-2)14-10-19)27(26-16-15-25(38-26)18-7-11-20(32)12-8-18)31(33)29(35)22-5-3-4-6-23(22)30(31)36/h3-16,24,27H,17H2,1-2H3/t24-,27-/m0/s1. The molecule has 2 atom stereocenters. The first-order chi connectivity index (χ1) is 18.4. The molecule has 0 bridgehead atoms. The molecular weight excluding hydrogens is 502 g/mol. The number of ketones is 3. The summed E-state index contributed by atoms with van der Waals surface area (Å²) in [6.07, 6.45) is 0. The summed E-state index contributed by atoms with van der Waals surface area (Å²) in [5.74, 6) is -0.681. The molecule has 6 rings (SSSR count). The van der Waals surface area contributed by atoms with Gasteiger partial charge in [0.2, 0.25) is 0 Å². The van der Waals surface area contributed by atoms with Crippen LogP contribution in [0.2, 0.25) is 5.02 Å². The van der Waals surface area contributed by atoms with E-state index in [1.165, 1.54) is 0 Å². The van der Waals surface area contributed by atoms with Crippen LogP contribution in [0.5, 0.6) is 5.75 Å². The van der Waals surface area contributed by atoms with E-state index in [0.29, 0.717) is 39.0 Å². The molecule has 1 spiro atoms. The average molecular weight is 526 g/mol. The molecule has 1 fully saturated rings. The topological polar surface area (TPSA) is 76.8 Å². The number of carbonyl (C=O) groups is 3. The largest absolute Gasteiger partial charge is 0.497 e. The normalized spacial score (nSPS) is 20.2. The van der Waals surface area contributed by atoms with Crippen molar-refractivity contribution in [3.63, 3.8) is 0 Å². The van der Waals surface area contributed by atoms with Crippen molar-refractivity contribution in [3.05, 3.63) is 112 Å². The molecule has 1 aliphatic heterocycles. The van der Waals surface area contributed by atoms with Gasteiger partial charge in [-0.2, -0.15) is 0 Å². The number of fused-ring (bicyclic) bond motifs is 1. The Morgan fingerprint density at radius 3 is 2.16 bits per heavy atom. The predicted molar refractivity (Wildman–Crippen MR) is 143 cm³/mol. The molecule has 0 saturated carbocycles. The lowest BCUT2D eigenvalue weighted by molar-refractivity contribution is 0.0594. The fraction of sp³-hybridized carbons (Fsp3) is 0.194. The maximum absolute atomic E-state index is 14.1. The summed E-state index contributed by atoms with van der Waals surface area (Å²) in [6, 6.07) is 24.5. The molecule has 0 radical (unpaired) electrons. The number of benzene rings is 3. The zero-order chi connectivity index (χ0) is 26.6. The lowest BCUT2D eigenvalue weighted by Crippen LogP contribution is -2.54. The summed E-state index contributed by atoms with van der Waals surface area (Å²) >= 11 is 6.06. The Morgan fingerprint density at radius 1 is 0.921 bits per heavy atom. The van der Waals surface area contributed by atoms with Crippen LogP contribution in [-0.2, 0) is 0 Å². The van der Waals surface area contributed by atoms with Gasteiger partial charge in [0, 0.05) is 39.7 Å². The van der Waals surface area contributed by atoms with E-state index < -0.39 is 17.4 Å². The number of halogens is 1. The molecule has 1 aromatic heterocycles. The number of methoxy groups -OCH3 is 1. The number of carbonyl (C=O) groups excluding carboxylic acids is 3. The van der Waals surface area contributed by atoms with E-state index >= 15 is 0 Å². The number of likely N-dealkylation sites (tertiary alicyclic amines) is 1. The molecule has 38 heavy (non-hydrogen) atoms. The Hall–Kier alpha value is -4.00. The summed E-state index contributed by atoms with van der Waals surface area (Å²) in [4.78, 5) is 43.9. The maximum Gasteiger partial charge on any atom is 0.192 e. The summed E-state index contributed by atoms with van der Waals surface area (Å²) in [7, 11) is 3.30. The highest BCUT2D eigenvalue weighted by molar-refractivity contribution is 6.34. The summed E-state index contributed by atoms with van der Waals surface area (Å²) < 4.78 is 11.6. The van der Waals surface area contributed by atoms with E-state index in [0.717, 1.165) is 5.56 Å². The third kappa shape index (κ3) is 3.48. The van der Waals surface area contributed by atoms with Gasteiger partial charge in [-0.05, 0) is 67.7 Å². The lowest BCUT2D eigenvalue weighted by Gasteiger charge is -2.33. The summed E-state index contributed by atoms with van der Waals surface area (Å²) in [5.41, 5.74) is 0.441. The van der Waals surface area contributed by atoms with Gasteiger partial charge in [-0.25, -0.2) is 0 Å². The molecule has 0 unspecified atom stereocenters. The number of hydrogen-bond acceptors (Lipinski definition) is 6. The van der Waals surface area contributed by atoms with Gasteiger partial charge >= 0.3 is 0 Å². The fourth-order valence-electron chi connectivity index (χ4n) is 5.99. The molecule has 7 heteroatoms. The van der Waals surface area contributed by atoms with E-state index in [1.807, 2.05) is 12.1 Å². The molecule has 0 N–H and O–H groups in total. The van der Waals surface area contributed by atoms with E-state index in [9.17, 15) is 14.4 Å². The van der Waals surface area contributed by atoms with Crippen LogP contribution < -0.4 is 4.74 Å². The van der Waals surface area contributed by atoms with E-state index in [2.05, 4.69) is 0 Å². The second-order valence-corrected chi connectivity index (χ2v) is 10.2. The van der Waals surface area contributed by atoms with Gasteiger partial charge in [-0.3, -0.25) is 19.3 Å². The molecule has 6 nitrogen and oxygen atoms in total. The number of hydrogen-bond donors (Lipinski definition) is 0. The average Bonchev–Trinajstić information content (AvgIpc) is 3.60. The number of likely N-dealkylation sites (N-methyl/N-ethyl adjacent to an activating group) is 1. The van der Waals surface area contributed by atoms with Crippen molar-refractivity contribution in [1.29, 1.82) is 0 Å². The Labute approximate surface area is 224 Å². The summed E-state index contributed by atoms with van der Waals surface area (Å²) in [5, 5.41) is 0.599. The Balaban J connectivity index is 1.50. The van der Waals surface area contributed by atoms with E-state index in [1.54, 1.807) is 91.9 Å². The van der Waals surface area contributed by atoms with Crippen molar-refractivity contribution in [2.24, 2.45) is 5.92 Å². The number of rotatable bonds is 5. The van der Waals surface area contributed by atoms with Crippen LogP contribution in [0, 0.1) is 5.92 Å². The van der Waals surface area contributed by atoms with Crippen molar-refractivity contribution in [1.82, 2.24) is 4.90 Å². The Bertz CT molecular complexity index is 1540.